The van der Waals surface area contributed by atoms with Crippen LogP contribution < -0.4 is 14.8 Å². The number of para-hydroxylation sites is 2. The summed E-state index contributed by atoms with van der Waals surface area (Å²) in [5.74, 6) is 2.69. The largest absolute Gasteiger partial charge is 0.489 e. The lowest BCUT2D eigenvalue weighted by atomic mass is 9.95. The van der Waals surface area contributed by atoms with E-state index in [0.29, 0.717) is 24.3 Å². The Morgan fingerprint density at radius 2 is 1.67 bits per heavy atom. The van der Waals surface area contributed by atoms with Crippen molar-refractivity contribution in [3.8, 4) is 28.6 Å². The highest BCUT2D eigenvalue weighted by molar-refractivity contribution is 5.93. The number of carboxylic acids is 1. The van der Waals surface area contributed by atoms with Crippen LogP contribution in [0.1, 0.15) is 61.3 Å². The maximum absolute atomic E-state index is 11.6. The Bertz CT molecular complexity index is 1430. The van der Waals surface area contributed by atoms with Gasteiger partial charge in [-0.25, -0.2) is 9.78 Å². The smallest absolute Gasteiger partial charge is 0.335 e. The van der Waals surface area contributed by atoms with E-state index in [1.54, 1.807) is 12.1 Å². The minimum absolute atomic E-state index is 0.257. The van der Waals surface area contributed by atoms with Crippen molar-refractivity contribution in [2.75, 3.05) is 19.7 Å². The highest BCUT2D eigenvalue weighted by Gasteiger charge is 2.23. The van der Waals surface area contributed by atoms with Gasteiger partial charge in [0, 0.05) is 11.6 Å². The van der Waals surface area contributed by atoms with Gasteiger partial charge in [-0.2, -0.15) is 0 Å². The van der Waals surface area contributed by atoms with E-state index in [1.807, 2.05) is 54.6 Å². The van der Waals surface area contributed by atoms with Crippen molar-refractivity contribution in [3.63, 3.8) is 0 Å². The van der Waals surface area contributed by atoms with Gasteiger partial charge in [-0.15, -0.1) is 0 Å². The van der Waals surface area contributed by atoms with Crippen molar-refractivity contribution in [1.82, 2.24) is 14.9 Å². The van der Waals surface area contributed by atoms with Gasteiger partial charge in [0.05, 0.1) is 23.2 Å². The van der Waals surface area contributed by atoms with Crippen LogP contribution >= 0.6 is 0 Å². The van der Waals surface area contributed by atoms with Crippen LogP contribution in [-0.4, -0.2) is 40.3 Å². The van der Waals surface area contributed by atoms with Gasteiger partial charge in [0.15, 0.2) is 11.5 Å². The molecule has 0 radical (unpaired) electrons. The lowest BCUT2D eigenvalue weighted by Crippen LogP contribution is -2.30. The highest BCUT2D eigenvalue weighted by Crippen LogP contribution is 2.37. The summed E-state index contributed by atoms with van der Waals surface area (Å²) >= 11 is 0. The van der Waals surface area contributed by atoms with E-state index in [4.69, 9.17) is 14.5 Å². The predicted molar refractivity (Wildman–Crippen MR) is 152 cm³/mol. The molecule has 2 fully saturated rings. The number of nitrogens with one attached hydrogen (secondary N) is 1. The van der Waals surface area contributed by atoms with Gasteiger partial charge in [0.25, 0.3) is 0 Å². The minimum Gasteiger partial charge on any atom is -0.489 e. The third-order valence-electron chi connectivity index (χ3n) is 8.00. The number of aromatic carboxylic acids is 1. The van der Waals surface area contributed by atoms with Gasteiger partial charge in [0.2, 0.25) is 0 Å². The number of rotatable bonds is 8. The molecule has 4 aromatic rings. The molecule has 39 heavy (non-hydrogen) atoms. The Morgan fingerprint density at radius 1 is 0.923 bits per heavy atom. The molecule has 7 nitrogen and oxygen atoms in total. The molecule has 2 N–H and O–H groups in total. The summed E-state index contributed by atoms with van der Waals surface area (Å²) in [5.41, 5.74) is 2.95. The third kappa shape index (κ3) is 5.64. The van der Waals surface area contributed by atoms with Crippen LogP contribution in [0.15, 0.2) is 66.7 Å². The molecule has 3 aromatic carbocycles. The van der Waals surface area contributed by atoms with Crippen molar-refractivity contribution >= 4 is 17.0 Å². The maximum Gasteiger partial charge on any atom is 0.335 e. The van der Waals surface area contributed by atoms with Gasteiger partial charge < -0.3 is 24.5 Å². The quantitative estimate of drug-likeness (QED) is 0.256. The number of fused-ring (bicyclic) bond motifs is 1. The molecule has 202 valence electrons. The van der Waals surface area contributed by atoms with Gasteiger partial charge in [0.1, 0.15) is 11.6 Å². The SMILES string of the molecule is O=C(O)c1ccc2c(c1)nc(-c1ccc(Oc3ccccc3OCC3CCNCC3)cc1)n2C1CCCCC1. The summed E-state index contributed by atoms with van der Waals surface area (Å²) < 4.78 is 14.8. The van der Waals surface area contributed by atoms with E-state index in [-0.39, 0.29) is 5.56 Å². The third-order valence-corrected chi connectivity index (χ3v) is 8.00. The number of benzene rings is 3. The van der Waals surface area contributed by atoms with Crippen LogP contribution in [-0.2, 0) is 0 Å². The predicted octanol–water partition coefficient (Wildman–Crippen LogP) is 7.08. The normalized spacial score (nSPS) is 16.8. The minimum atomic E-state index is -0.938. The number of carboxylic acid groups (broad SMARTS) is 1. The van der Waals surface area contributed by atoms with Crippen molar-refractivity contribution in [3.05, 3.63) is 72.3 Å². The van der Waals surface area contributed by atoms with Crippen molar-refractivity contribution < 1.29 is 19.4 Å². The summed E-state index contributed by atoms with van der Waals surface area (Å²) in [6.07, 6.45) is 8.13. The molecule has 0 amide bonds. The lowest BCUT2D eigenvalue weighted by molar-refractivity contribution is 0.0697. The summed E-state index contributed by atoms with van der Waals surface area (Å²) in [6.45, 7) is 2.80. The van der Waals surface area contributed by atoms with E-state index >= 15 is 0 Å². The second-order valence-corrected chi connectivity index (χ2v) is 10.7. The molecule has 0 spiro atoms. The van der Waals surface area contributed by atoms with Crippen LogP contribution in [0, 0.1) is 5.92 Å². The number of hydrogen-bond donors (Lipinski definition) is 2. The fraction of sp³-hybridized carbons (Fsp3) is 0.375. The Hall–Kier alpha value is -3.84. The highest BCUT2D eigenvalue weighted by atomic mass is 16.5. The molecule has 0 unspecified atom stereocenters. The van der Waals surface area contributed by atoms with Gasteiger partial charge in [-0.1, -0.05) is 31.4 Å². The average Bonchev–Trinajstić information content (AvgIpc) is 3.37. The number of imidazole rings is 1. The average molecular weight is 526 g/mol. The molecule has 2 heterocycles. The standard InChI is InChI=1S/C32H35N3O4/c36-32(37)24-12-15-28-27(20-24)34-31(35(28)25-6-2-1-3-7-25)23-10-13-26(14-11-23)39-30-9-5-4-8-29(30)38-21-22-16-18-33-19-17-22/h4-5,8-15,20,22,25,33H,1-3,6-7,16-19,21H2,(H,36,37). The van der Waals surface area contributed by atoms with E-state index in [0.717, 1.165) is 72.7 Å². The number of carbonyl (C=O) groups is 1. The number of nitrogens with zero attached hydrogens (tertiary/aromatic N) is 2. The van der Waals surface area contributed by atoms with E-state index in [9.17, 15) is 9.90 Å². The second-order valence-electron chi connectivity index (χ2n) is 10.7. The van der Waals surface area contributed by atoms with Crippen molar-refractivity contribution in [1.29, 1.82) is 0 Å². The lowest BCUT2D eigenvalue weighted by Gasteiger charge is -2.25. The zero-order chi connectivity index (χ0) is 26.6. The van der Waals surface area contributed by atoms with Gasteiger partial charge in [-0.3, -0.25) is 0 Å². The maximum atomic E-state index is 11.6. The van der Waals surface area contributed by atoms with Crippen LogP contribution in [0.5, 0.6) is 17.2 Å². The summed E-state index contributed by atoms with van der Waals surface area (Å²) in [4.78, 5) is 16.5. The molecule has 1 aliphatic carbocycles. The van der Waals surface area contributed by atoms with Gasteiger partial charge >= 0.3 is 5.97 Å². The number of hydrogen-bond acceptors (Lipinski definition) is 5. The Morgan fingerprint density at radius 3 is 2.41 bits per heavy atom. The monoisotopic (exact) mass is 525 g/mol. The Balaban J connectivity index is 1.25. The molecule has 1 aliphatic heterocycles. The summed E-state index contributed by atoms with van der Waals surface area (Å²) in [5, 5.41) is 12.9. The number of ether oxygens (including phenoxy) is 2. The van der Waals surface area contributed by atoms with Crippen molar-refractivity contribution in [2.45, 2.75) is 51.0 Å². The zero-order valence-electron chi connectivity index (χ0n) is 22.1. The van der Waals surface area contributed by atoms with E-state index in [1.165, 1.54) is 19.3 Å². The van der Waals surface area contributed by atoms with Crippen LogP contribution in [0.4, 0.5) is 0 Å². The molecular weight excluding hydrogens is 490 g/mol. The fourth-order valence-corrected chi connectivity index (χ4v) is 5.85. The van der Waals surface area contributed by atoms with Crippen LogP contribution in [0.3, 0.4) is 0 Å². The first-order valence-electron chi connectivity index (χ1n) is 14.1. The van der Waals surface area contributed by atoms with E-state index < -0.39 is 5.97 Å². The van der Waals surface area contributed by atoms with Crippen LogP contribution in [0.25, 0.3) is 22.4 Å². The summed E-state index contributed by atoms with van der Waals surface area (Å²) in [6, 6.07) is 21.4. The Kier molecular flexibility index (Phi) is 7.50. The van der Waals surface area contributed by atoms with Crippen LogP contribution in [0.2, 0.25) is 0 Å². The zero-order valence-corrected chi connectivity index (χ0v) is 22.1. The van der Waals surface area contributed by atoms with Gasteiger partial charge in [-0.05, 0) is 99.3 Å². The number of piperidine rings is 1. The number of aromatic nitrogens is 2. The first-order valence-corrected chi connectivity index (χ1v) is 14.1. The summed E-state index contributed by atoms with van der Waals surface area (Å²) in [7, 11) is 0. The molecule has 2 aliphatic rings. The fourth-order valence-electron chi connectivity index (χ4n) is 5.85. The molecular formula is C32H35N3O4. The first kappa shape index (κ1) is 25.4. The second kappa shape index (κ2) is 11.5. The van der Waals surface area contributed by atoms with E-state index in [2.05, 4.69) is 9.88 Å². The van der Waals surface area contributed by atoms with Crippen molar-refractivity contribution in [2.24, 2.45) is 5.92 Å². The molecule has 1 saturated carbocycles. The molecule has 1 saturated heterocycles. The molecule has 6 rings (SSSR count). The Labute approximate surface area is 228 Å². The molecule has 0 atom stereocenters. The molecule has 0 bridgehead atoms. The molecule has 7 heteroatoms. The first-order chi connectivity index (χ1) is 19.2. The topological polar surface area (TPSA) is 85.6 Å². The molecule has 1 aromatic heterocycles.